The molecule has 0 aromatic carbocycles. The van der Waals surface area contributed by atoms with Crippen LogP contribution in [-0.2, 0) is 23.3 Å². The Morgan fingerprint density at radius 2 is 1.88 bits per heavy atom. The summed E-state index contributed by atoms with van der Waals surface area (Å²) < 4.78 is 31.1. The van der Waals surface area contributed by atoms with E-state index < -0.39 is 25.8 Å². The van der Waals surface area contributed by atoms with E-state index in [-0.39, 0.29) is 34.4 Å². The van der Waals surface area contributed by atoms with Crippen LogP contribution in [-0.4, -0.2) is 44.0 Å². The zero-order chi connectivity index (χ0) is 19.8. The molecule has 0 amide bonds. The Hall–Kier alpha value is -0.400. The van der Waals surface area contributed by atoms with Crippen molar-refractivity contribution in [3.8, 4) is 0 Å². The van der Waals surface area contributed by atoms with Gasteiger partial charge in [0.2, 0.25) is 0 Å². The van der Waals surface area contributed by atoms with Gasteiger partial charge in [0, 0.05) is 12.8 Å². The van der Waals surface area contributed by atoms with Crippen molar-refractivity contribution in [2.75, 3.05) is 24.0 Å². The maximum absolute atomic E-state index is 12.8. The van der Waals surface area contributed by atoms with E-state index in [4.69, 9.17) is 3.63 Å². The number of Topliss-reactive ketones (excluding diaryl/α,β-unsaturated/α-hetero) is 2. The summed E-state index contributed by atoms with van der Waals surface area (Å²) >= 11 is 0. The Kier molecular flexibility index (Phi) is 6.36. The van der Waals surface area contributed by atoms with Crippen LogP contribution in [0.2, 0.25) is 0 Å². The summed E-state index contributed by atoms with van der Waals surface area (Å²) in [6.45, 7) is 6.11. The van der Waals surface area contributed by atoms with Gasteiger partial charge in [0.15, 0.2) is 0 Å². The number of fused-ring (bicyclic) bond motifs is 2. The smallest absolute Gasteiger partial charge is 0.277 e. The SMILES string of the molecule is CCCCCC(=O)CS(C)(C)OS(=O)(=O)CC12CCC(CC1=O)C2(C)C. The number of ketones is 2. The van der Waals surface area contributed by atoms with E-state index in [0.29, 0.717) is 19.3 Å². The van der Waals surface area contributed by atoms with E-state index in [0.717, 1.165) is 25.7 Å². The van der Waals surface area contributed by atoms with E-state index in [1.54, 1.807) is 12.5 Å². The Balaban J connectivity index is 2.04. The van der Waals surface area contributed by atoms with Crippen molar-refractivity contribution in [2.24, 2.45) is 16.7 Å². The predicted octanol–water partition coefficient (Wildman–Crippen LogP) is 3.86. The highest BCUT2D eigenvalue weighted by Crippen LogP contribution is 2.64. The maximum atomic E-state index is 12.8. The molecular formula is C19H34O5S2. The molecular weight excluding hydrogens is 372 g/mol. The lowest BCUT2D eigenvalue weighted by Crippen LogP contribution is -2.42. The molecule has 2 rings (SSSR count). The van der Waals surface area contributed by atoms with Crippen molar-refractivity contribution in [3.63, 3.8) is 0 Å². The largest absolute Gasteiger partial charge is 0.299 e. The molecule has 0 N–H and O–H groups in total. The topological polar surface area (TPSA) is 77.5 Å². The van der Waals surface area contributed by atoms with Gasteiger partial charge in [-0.2, -0.15) is 8.42 Å². The van der Waals surface area contributed by atoms with Crippen LogP contribution in [0.25, 0.3) is 0 Å². The summed E-state index contributed by atoms with van der Waals surface area (Å²) in [4.78, 5) is 24.7. The van der Waals surface area contributed by atoms with E-state index >= 15 is 0 Å². The molecule has 2 fully saturated rings. The minimum atomic E-state index is -3.88. The van der Waals surface area contributed by atoms with Gasteiger partial charge in [-0.1, -0.05) is 33.6 Å². The van der Waals surface area contributed by atoms with Crippen LogP contribution in [0.1, 0.15) is 65.7 Å². The van der Waals surface area contributed by atoms with Gasteiger partial charge in [0.25, 0.3) is 10.1 Å². The predicted molar refractivity (Wildman–Crippen MR) is 107 cm³/mol. The van der Waals surface area contributed by atoms with Crippen molar-refractivity contribution in [3.05, 3.63) is 0 Å². The van der Waals surface area contributed by atoms with Gasteiger partial charge in [-0.3, -0.25) is 9.59 Å². The number of hydrogen-bond acceptors (Lipinski definition) is 5. The average Bonchev–Trinajstić information content (AvgIpc) is 2.79. The fraction of sp³-hybridized carbons (Fsp3) is 0.895. The second-order valence-corrected chi connectivity index (χ2v) is 14.1. The molecule has 0 spiro atoms. The van der Waals surface area contributed by atoms with Gasteiger partial charge in [-0.05, 0) is 43.1 Å². The lowest BCUT2D eigenvalue weighted by molar-refractivity contribution is -0.128. The Labute approximate surface area is 160 Å². The molecule has 0 saturated heterocycles. The van der Waals surface area contributed by atoms with Crippen LogP contribution >= 0.6 is 10.3 Å². The van der Waals surface area contributed by atoms with Crippen LogP contribution in [0.4, 0.5) is 0 Å². The quantitative estimate of drug-likeness (QED) is 0.515. The summed E-state index contributed by atoms with van der Waals surface area (Å²) in [7, 11) is -5.92. The highest BCUT2D eigenvalue weighted by molar-refractivity contribution is 8.32. The Morgan fingerprint density at radius 1 is 1.23 bits per heavy atom. The van der Waals surface area contributed by atoms with Gasteiger partial charge < -0.3 is 0 Å². The van der Waals surface area contributed by atoms with E-state index in [9.17, 15) is 18.0 Å². The van der Waals surface area contributed by atoms with Crippen molar-refractivity contribution in [1.29, 1.82) is 0 Å². The molecule has 0 heterocycles. The molecule has 26 heavy (non-hydrogen) atoms. The van der Waals surface area contributed by atoms with Gasteiger partial charge in [0.05, 0.1) is 16.9 Å². The maximum Gasteiger partial charge on any atom is 0.277 e. The highest BCUT2D eigenvalue weighted by Gasteiger charge is 2.65. The zero-order valence-corrected chi connectivity index (χ0v) is 18.4. The number of carbonyl (C=O) groups excluding carboxylic acids is 2. The average molecular weight is 407 g/mol. The first-order valence-corrected chi connectivity index (χ1v) is 13.7. The molecule has 5 nitrogen and oxygen atoms in total. The molecule has 2 aliphatic rings. The number of hydrogen-bond donors (Lipinski definition) is 0. The van der Waals surface area contributed by atoms with Crippen LogP contribution in [0.15, 0.2) is 0 Å². The summed E-state index contributed by atoms with van der Waals surface area (Å²) in [5, 5.41) is 0. The summed E-state index contributed by atoms with van der Waals surface area (Å²) in [6, 6.07) is 0. The number of rotatable bonds is 10. The van der Waals surface area contributed by atoms with E-state index in [1.165, 1.54) is 0 Å². The molecule has 0 aromatic rings. The number of carbonyl (C=O) groups is 2. The van der Waals surface area contributed by atoms with Crippen molar-refractivity contribution < 1.29 is 21.6 Å². The zero-order valence-electron chi connectivity index (χ0n) is 16.8. The first kappa shape index (κ1) is 21.9. The van der Waals surface area contributed by atoms with Crippen LogP contribution < -0.4 is 0 Å². The first-order chi connectivity index (χ1) is 11.9. The van der Waals surface area contributed by atoms with E-state index in [2.05, 4.69) is 6.92 Å². The standard InChI is InChI=1S/C19H34O5S2/c1-6-7-8-9-16(20)13-25(4,5)24-26(22,23)14-19-11-10-15(12-17(19)21)18(19,2)3/h15H,6-14H2,1-5H3. The fourth-order valence-electron chi connectivity index (χ4n) is 4.77. The third kappa shape index (κ3) is 4.36. The molecule has 0 aliphatic heterocycles. The second kappa shape index (κ2) is 7.55. The second-order valence-electron chi connectivity index (χ2n) is 9.01. The lowest BCUT2D eigenvalue weighted by atomic mass is 9.70. The summed E-state index contributed by atoms with van der Waals surface area (Å²) in [5.41, 5.74) is -1.13. The van der Waals surface area contributed by atoms with Gasteiger partial charge in [0.1, 0.15) is 11.6 Å². The molecule has 0 radical (unpaired) electrons. The van der Waals surface area contributed by atoms with Crippen molar-refractivity contribution in [2.45, 2.75) is 65.7 Å². The lowest BCUT2D eigenvalue weighted by Gasteiger charge is -2.37. The third-order valence-corrected chi connectivity index (χ3v) is 10.6. The van der Waals surface area contributed by atoms with Crippen molar-refractivity contribution >= 4 is 32.0 Å². The molecule has 2 saturated carbocycles. The Bertz CT molecular complexity index is 665. The van der Waals surface area contributed by atoms with Crippen LogP contribution in [0, 0.1) is 16.7 Å². The van der Waals surface area contributed by atoms with Crippen molar-refractivity contribution in [1.82, 2.24) is 0 Å². The minimum absolute atomic E-state index is 0.0602. The molecule has 0 aromatic heterocycles. The Morgan fingerprint density at radius 3 is 2.38 bits per heavy atom. The molecule has 2 unspecified atom stereocenters. The molecule has 2 atom stereocenters. The monoisotopic (exact) mass is 406 g/mol. The first-order valence-electron chi connectivity index (χ1n) is 9.55. The minimum Gasteiger partial charge on any atom is -0.299 e. The van der Waals surface area contributed by atoms with Gasteiger partial charge in [-0.15, -0.1) is 10.3 Å². The summed E-state index contributed by atoms with van der Waals surface area (Å²) in [6.07, 6.45) is 8.81. The van der Waals surface area contributed by atoms with Gasteiger partial charge >= 0.3 is 0 Å². The molecule has 7 heteroatoms. The normalized spacial score (nSPS) is 28.5. The molecule has 2 bridgehead atoms. The number of unbranched alkanes of at least 4 members (excludes halogenated alkanes) is 2. The van der Waals surface area contributed by atoms with Crippen LogP contribution in [0.3, 0.4) is 0 Å². The molecule has 152 valence electrons. The summed E-state index contributed by atoms with van der Waals surface area (Å²) in [5.74, 6) is 0.302. The third-order valence-electron chi connectivity index (χ3n) is 6.42. The van der Waals surface area contributed by atoms with Crippen LogP contribution in [0.5, 0.6) is 0 Å². The molecule has 2 aliphatic carbocycles. The fourth-order valence-corrected chi connectivity index (χ4v) is 9.60. The van der Waals surface area contributed by atoms with Gasteiger partial charge in [-0.25, -0.2) is 3.63 Å². The van der Waals surface area contributed by atoms with E-state index in [1.807, 2.05) is 13.8 Å². The highest BCUT2D eigenvalue weighted by atomic mass is 32.3.